The van der Waals surface area contributed by atoms with E-state index in [1.165, 1.54) is 12.1 Å². The molecule has 100 valence electrons. The number of anilines is 1. The monoisotopic (exact) mass is 449 g/mol. The Labute approximate surface area is 137 Å². The summed E-state index contributed by atoms with van der Waals surface area (Å²) in [5.74, 6) is -0.220. The smallest absolute Gasteiger partial charge is 0.123 e. The first-order valence-electron chi connectivity index (χ1n) is 5.64. The average molecular weight is 452 g/mol. The maximum atomic E-state index is 12.9. The van der Waals surface area contributed by atoms with Crippen molar-refractivity contribution in [1.29, 1.82) is 0 Å². The summed E-state index contributed by atoms with van der Waals surface area (Å²) in [4.78, 5) is 0. The van der Waals surface area contributed by atoms with Crippen LogP contribution in [0.1, 0.15) is 18.5 Å². The summed E-state index contributed by atoms with van der Waals surface area (Å²) in [6, 6.07) is 10.5. The van der Waals surface area contributed by atoms with Gasteiger partial charge in [-0.3, -0.25) is 0 Å². The van der Waals surface area contributed by atoms with Crippen molar-refractivity contribution in [3.63, 3.8) is 0 Å². The van der Waals surface area contributed by atoms with Gasteiger partial charge in [0.05, 0.1) is 5.69 Å². The van der Waals surface area contributed by atoms with Crippen LogP contribution in [0.2, 0.25) is 0 Å². The van der Waals surface area contributed by atoms with Crippen LogP contribution in [0.5, 0.6) is 0 Å². The first kappa shape index (κ1) is 15.0. The molecule has 0 heterocycles. The van der Waals surface area contributed by atoms with Gasteiger partial charge < -0.3 is 5.32 Å². The Morgan fingerprint density at radius 3 is 2.05 bits per heavy atom. The van der Waals surface area contributed by atoms with Crippen LogP contribution in [0.25, 0.3) is 0 Å². The van der Waals surface area contributed by atoms with Gasteiger partial charge in [0.25, 0.3) is 0 Å². The van der Waals surface area contributed by atoms with Crippen molar-refractivity contribution in [3.8, 4) is 0 Å². The molecule has 0 radical (unpaired) electrons. The molecule has 1 atom stereocenters. The number of rotatable bonds is 3. The zero-order chi connectivity index (χ0) is 14.0. The van der Waals surface area contributed by atoms with Gasteiger partial charge in [-0.2, -0.15) is 0 Å². The molecule has 2 rings (SSSR count). The van der Waals surface area contributed by atoms with Gasteiger partial charge >= 0.3 is 0 Å². The van der Waals surface area contributed by atoms with Gasteiger partial charge in [-0.25, -0.2) is 4.39 Å². The number of hydrogen-bond donors (Lipinski definition) is 1. The Hall–Kier alpha value is -0.390. The second-order valence-electron chi connectivity index (χ2n) is 4.16. The third kappa shape index (κ3) is 3.80. The summed E-state index contributed by atoms with van der Waals surface area (Å²) >= 11 is 10.5. The van der Waals surface area contributed by atoms with E-state index in [1.54, 1.807) is 12.1 Å². The summed E-state index contributed by atoms with van der Waals surface area (Å²) in [6.45, 7) is 2.04. The third-order valence-electron chi connectivity index (χ3n) is 2.74. The average Bonchev–Trinajstić information content (AvgIpc) is 2.34. The van der Waals surface area contributed by atoms with Crippen LogP contribution in [-0.4, -0.2) is 0 Å². The van der Waals surface area contributed by atoms with Crippen molar-refractivity contribution < 1.29 is 4.39 Å². The van der Waals surface area contributed by atoms with Crippen molar-refractivity contribution >= 4 is 53.5 Å². The van der Waals surface area contributed by atoms with Crippen molar-refractivity contribution in [2.75, 3.05) is 5.32 Å². The molecule has 0 aliphatic carbocycles. The summed E-state index contributed by atoms with van der Waals surface area (Å²) in [7, 11) is 0. The van der Waals surface area contributed by atoms with Crippen LogP contribution in [0, 0.1) is 5.82 Å². The highest BCUT2D eigenvalue weighted by Gasteiger charge is 2.11. The zero-order valence-corrected chi connectivity index (χ0v) is 14.8. The van der Waals surface area contributed by atoms with E-state index in [9.17, 15) is 4.39 Å². The molecule has 0 aliphatic rings. The molecule has 0 spiro atoms. The van der Waals surface area contributed by atoms with Crippen LogP contribution in [-0.2, 0) is 0 Å². The van der Waals surface area contributed by atoms with E-state index >= 15 is 0 Å². The topological polar surface area (TPSA) is 12.0 Å². The molecule has 2 aromatic rings. The molecule has 0 aliphatic heterocycles. The van der Waals surface area contributed by atoms with E-state index in [0.29, 0.717) is 0 Å². The lowest BCUT2D eigenvalue weighted by Crippen LogP contribution is -2.07. The molecular weight excluding hydrogens is 441 g/mol. The van der Waals surface area contributed by atoms with Gasteiger partial charge in [0.15, 0.2) is 0 Å². The van der Waals surface area contributed by atoms with E-state index in [2.05, 4.69) is 53.1 Å². The standard InChI is InChI=1S/C14H11Br3FN/c1-8(9-2-4-11(18)5-3-9)19-14-12(16)6-10(15)7-13(14)17/h2-8,19H,1H3. The third-order valence-corrected chi connectivity index (χ3v) is 4.45. The predicted octanol–water partition coefficient (Wildman–Crippen LogP) is 6.29. The van der Waals surface area contributed by atoms with E-state index in [1.807, 2.05) is 19.1 Å². The van der Waals surface area contributed by atoms with Crippen LogP contribution < -0.4 is 5.32 Å². The molecule has 0 bridgehead atoms. The second-order valence-corrected chi connectivity index (χ2v) is 6.79. The number of nitrogens with one attached hydrogen (secondary N) is 1. The van der Waals surface area contributed by atoms with Gasteiger partial charge in [-0.15, -0.1) is 0 Å². The number of benzene rings is 2. The molecule has 0 fully saturated rings. The molecule has 0 aromatic heterocycles. The van der Waals surface area contributed by atoms with Gasteiger partial charge in [-0.05, 0) is 68.6 Å². The molecule has 0 saturated carbocycles. The van der Waals surface area contributed by atoms with Crippen LogP contribution in [0.15, 0.2) is 49.8 Å². The lowest BCUT2D eigenvalue weighted by atomic mass is 10.1. The van der Waals surface area contributed by atoms with E-state index < -0.39 is 0 Å². The minimum Gasteiger partial charge on any atom is -0.377 e. The highest BCUT2D eigenvalue weighted by atomic mass is 79.9. The van der Waals surface area contributed by atoms with Crippen molar-refractivity contribution in [1.82, 2.24) is 0 Å². The fourth-order valence-electron chi connectivity index (χ4n) is 1.73. The largest absolute Gasteiger partial charge is 0.377 e. The lowest BCUT2D eigenvalue weighted by Gasteiger charge is -2.18. The molecule has 1 nitrogen and oxygen atoms in total. The maximum Gasteiger partial charge on any atom is 0.123 e. The molecule has 1 N–H and O–H groups in total. The SMILES string of the molecule is CC(Nc1c(Br)cc(Br)cc1Br)c1ccc(F)cc1. The molecule has 19 heavy (non-hydrogen) atoms. The molecule has 0 saturated heterocycles. The maximum absolute atomic E-state index is 12.9. The summed E-state index contributed by atoms with van der Waals surface area (Å²) in [5.41, 5.74) is 2.00. The Morgan fingerprint density at radius 1 is 1.00 bits per heavy atom. The van der Waals surface area contributed by atoms with Crippen LogP contribution in [0.4, 0.5) is 10.1 Å². The second kappa shape index (κ2) is 6.37. The molecule has 2 aromatic carbocycles. The quantitative estimate of drug-likeness (QED) is 0.578. The highest BCUT2D eigenvalue weighted by Crippen LogP contribution is 2.36. The van der Waals surface area contributed by atoms with Gasteiger partial charge in [0, 0.05) is 19.5 Å². The number of halogens is 4. The summed E-state index contributed by atoms with van der Waals surface area (Å²) in [5, 5.41) is 3.40. The summed E-state index contributed by atoms with van der Waals surface area (Å²) < 4.78 is 15.8. The first-order chi connectivity index (χ1) is 8.97. The van der Waals surface area contributed by atoms with Crippen LogP contribution >= 0.6 is 47.8 Å². The normalized spacial score (nSPS) is 12.3. The van der Waals surface area contributed by atoms with Crippen molar-refractivity contribution in [2.45, 2.75) is 13.0 Å². The highest BCUT2D eigenvalue weighted by molar-refractivity contribution is 9.11. The Balaban J connectivity index is 2.24. The van der Waals surface area contributed by atoms with Gasteiger partial charge in [0.1, 0.15) is 5.82 Å². The van der Waals surface area contributed by atoms with Crippen molar-refractivity contribution in [2.24, 2.45) is 0 Å². The van der Waals surface area contributed by atoms with Gasteiger partial charge in [0.2, 0.25) is 0 Å². The van der Waals surface area contributed by atoms with Crippen molar-refractivity contribution in [3.05, 3.63) is 61.2 Å². The fraction of sp³-hybridized carbons (Fsp3) is 0.143. The number of hydrogen-bond acceptors (Lipinski definition) is 1. The van der Waals surface area contributed by atoms with E-state index in [4.69, 9.17) is 0 Å². The summed E-state index contributed by atoms with van der Waals surface area (Å²) in [6.07, 6.45) is 0. The van der Waals surface area contributed by atoms with E-state index in [-0.39, 0.29) is 11.9 Å². The predicted molar refractivity (Wildman–Crippen MR) is 88.0 cm³/mol. The van der Waals surface area contributed by atoms with Crippen LogP contribution in [0.3, 0.4) is 0 Å². The Bertz CT molecular complexity index is 561. The molecule has 5 heteroatoms. The minimum atomic E-state index is -0.220. The Morgan fingerprint density at radius 2 is 1.53 bits per heavy atom. The minimum absolute atomic E-state index is 0.0781. The fourth-order valence-corrected chi connectivity index (χ4v) is 4.22. The molecular formula is C14H11Br3FN. The lowest BCUT2D eigenvalue weighted by molar-refractivity contribution is 0.626. The van der Waals surface area contributed by atoms with Gasteiger partial charge in [-0.1, -0.05) is 28.1 Å². The molecule has 1 unspecified atom stereocenters. The van der Waals surface area contributed by atoms with E-state index in [0.717, 1.165) is 24.7 Å². The molecule has 0 amide bonds. The zero-order valence-electron chi connectivity index (χ0n) is 10.1. The Kier molecular flexibility index (Phi) is 5.03. The first-order valence-corrected chi connectivity index (χ1v) is 8.02.